The van der Waals surface area contributed by atoms with Gasteiger partial charge in [-0.1, -0.05) is 30.7 Å². The Morgan fingerprint density at radius 3 is 2.56 bits per heavy atom. The Balaban J connectivity index is 2.03. The maximum absolute atomic E-state index is 8.86. The molecule has 1 aromatic carbocycles. The standard InChI is InChI=1S/C14H21NO/c15-14-3-1-2-13(10-14)12-6-4-11(5-7-12)8-9-16/h4-7,13-14,16H,1-3,8-10,15H2/t13-,14-/m0/s1. The fourth-order valence-electron chi connectivity index (χ4n) is 2.62. The molecule has 3 N–H and O–H groups in total. The zero-order valence-electron chi connectivity index (χ0n) is 9.73. The molecule has 0 unspecified atom stereocenters. The van der Waals surface area contributed by atoms with Gasteiger partial charge in [0.2, 0.25) is 0 Å². The van der Waals surface area contributed by atoms with Crippen molar-refractivity contribution < 1.29 is 5.11 Å². The second-order valence-electron chi connectivity index (χ2n) is 4.84. The third kappa shape index (κ3) is 2.83. The molecule has 1 fully saturated rings. The molecule has 0 saturated heterocycles. The first kappa shape index (κ1) is 11.6. The second kappa shape index (κ2) is 5.46. The van der Waals surface area contributed by atoms with Gasteiger partial charge in [0, 0.05) is 12.6 Å². The Morgan fingerprint density at radius 1 is 1.19 bits per heavy atom. The van der Waals surface area contributed by atoms with Gasteiger partial charge in [-0.3, -0.25) is 0 Å². The fourth-order valence-corrected chi connectivity index (χ4v) is 2.62. The number of hydrogen-bond acceptors (Lipinski definition) is 2. The summed E-state index contributed by atoms with van der Waals surface area (Å²) in [4.78, 5) is 0. The third-order valence-corrected chi connectivity index (χ3v) is 3.57. The first-order valence-electron chi connectivity index (χ1n) is 6.25. The van der Waals surface area contributed by atoms with Crippen molar-refractivity contribution in [1.29, 1.82) is 0 Å². The number of aliphatic hydroxyl groups is 1. The predicted octanol–water partition coefficient (Wildman–Crippen LogP) is 2.21. The molecule has 1 aromatic rings. The van der Waals surface area contributed by atoms with Gasteiger partial charge in [-0.05, 0) is 42.7 Å². The van der Waals surface area contributed by atoms with Crippen LogP contribution in [0.3, 0.4) is 0 Å². The molecule has 1 saturated carbocycles. The largest absolute Gasteiger partial charge is 0.396 e. The molecule has 1 aliphatic rings. The van der Waals surface area contributed by atoms with Crippen LogP contribution in [0.25, 0.3) is 0 Å². The third-order valence-electron chi connectivity index (χ3n) is 3.57. The highest BCUT2D eigenvalue weighted by Gasteiger charge is 2.20. The van der Waals surface area contributed by atoms with Crippen molar-refractivity contribution in [1.82, 2.24) is 0 Å². The number of aliphatic hydroxyl groups excluding tert-OH is 1. The number of nitrogens with two attached hydrogens (primary N) is 1. The molecule has 0 heterocycles. The number of benzene rings is 1. The Hall–Kier alpha value is -0.860. The average molecular weight is 219 g/mol. The molecule has 0 bridgehead atoms. The summed E-state index contributed by atoms with van der Waals surface area (Å²) in [7, 11) is 0. The molecule has 0 aromatic heterocycles. The van der Waals surface area contributed by atoms with E-state index in [1.807, 2.05) is 0 Å². The monoisotopic (exact) mass is 219 g/mol. The lowest BCUT2D eigenvalue weighted by molar-refractivity contribution is 0.299. The Kier molecular flexibility index (Phi) is 3.97. The smallest absolute Gasteiger partial charge is 0.0471 e. The highest BCUT2D eigenvalue weighted by atomic mass is 16.2. The van der Waals surface area contributed by atoms with Crippen LogP contribution < -0.4 is 5.73 Å². The first-order chi connectivity index (χ1) is 7.79. The quantitative estimate of drug-likeness (QED) is 0.818. The van der Waals surface area contributed by atoms with Crippen LogP contribution in [-0.4, -0.2) is 17.8 Å². The van der Waals surface area contributed by atoms with Crippen molar-refractivity contribution in [2.24, 2.45) is 5.73 Å². The zero-order valence-corrected chi connectivity index (χ0v) is 9.73. The summed E-state index contributed by atoms with van der Waals surface area (Å²) in [5, 5.41) is 8.86. The minimum atomic E-state index is 0.230. The second-order valence-corrected chi connectivity index (χ2v) is 4.84. The van der Waals surface area contributed by atoms with Crippen LogP contribution in [0, 0.1) is 0 Å². The van der Waals surface area contributed by atoms with E-state index in [2.05, 4.69) is 24.3 Å². The molecular formula is C14H21NO. The van der Waals surface area contributed by atoms with E-state index in [9.17, 15) is 0 Å². The molecule has 0 radical (unpaired) electrons. The van der Waals surface area contributed by atoms with Crippen LogP contribution in [0.2, 0.25) is 0 Å². The van der Waals surface area contributed by atoms with Gasteiger partial charge in [-0.25, -0.2) is 0 Å². The lowest BCUT2D eigenvalue weighted by Crippen LogP contribution is -2.26. The minimum absolute atomic E-state index is 0.230. The molecule has 0 amide bonds. The zero-order chi connectivity index (χ0) is 11.4. The summed E-state index contributed by atoms with van der Waals surface area (Å²) in [5.74, 6) is 0.645. The average Bonchev–Trinajstić information content (AvgIpc) is 2.30. The van der Waals surface area contributed by atoms with Gasteiger partial charge in [0.25, 0.3) is 0 Å². The van der Waals surface area contributed by atoms with Crippen molar-refractivity contribution in [3.8, 4) is 0 Å². The maximum atomic E-state index is 8.86. The first-order valence-corrected chi connectivity index (χ1v) is 6.25. The van der Waals surface area contributed by atoms with Crippen molar-refractivity contribution in [2.45, 2.75) is 44.1 Å². The van der Waals surface area contributed by atoms with Crippen LogP contribution in [0.5, 0.6) is 0 Å². The maximum Gasteiger partial charge on any atom is 0.0471 e. The van der Waals surface area contributed by atoms with Crippen LogP contribution in [0.4, 0.5) is 0 Å². The highest BCUT2D eigenvalue weighted by molar-refractivity contribution is 5.26. The molecule has 88 valence electrons. The van der Waals surface area contributed by atoms with Crippen molar-refractivity contribution in [3.63, 3.8) is 0 Å². The van der Waals surface area contributed by atoms with Gasteiger partial charge in [0.15, 0.2) is 0 Å². The van der Waals surface area contributed by atoms with Crippen LogP contribution in [0.15, 0.2) is 24.3 Å². The molecule has 2 atom stereocenters. The molecule has 0 spiro atoms. The summed E-state index contributed by atoms with van der Waals surface area (Å²) in [6, 6.07) is 9.05. The highest BCUT2D eigenvalue weighted by Crippen LogP contribution is 2.32. The molecule has 16 heavy (non-hydrogen) atoms. The van der Waals surface area contributed by atoms with E-state index in [-0.39, 0.29) is 6.61 Å². The topological polar surface area (TPSA) is 46.2 Å². The normalized spacial score (nSPS) is 25.6. The SMILES string of the molecule is N[C@H]1CCC[C@H](c2ccc(CCO)cc2)C1. The van der Waals surface area contributed by atoms with E-state index in [4.69, 9.17) is 10.8 Å². The summed E-state index contributed by atoms with van der Waals surface area (Å²) >= 11 is 0. The fraction of sp³-hybridized carbons (Fsp3) is 0.571. The lowest BCUT2D eigenvalue weighted by Gasteiger charge is -2.27. The molecular weight excluding hydrogens is 198 g/mol. The lowest BCUT2D eigenvalue weighted by atomic mass is 9.81. The van der Waals surface area contributed by atoms with Crippen LogP contribution >= 0.6 is 0 Å². The van der Waals surface area contributed by atoms with Crippen molar-refractivity contribution in [2.75, 3.05) is 6.61 Å². The van der Waals surface area contributed by atoms with E-state index >= 15 is 0 Å². The van der Waals surface area contributed by atoms with Gasteiger partial charge < -0.3 is 10.8 Å². The number of hydrogen-bond donors (Lipinski definition) is 2. The van der Waals surface area contributed by atoms with E-state index in [1.165, 1.54) is 30.4 Å². The van der Waals surface area contributed by atoms with E-state index in [1.54, 1.807) is 0 Å². The summed E-state index contributed by atoms with van der Waals surface area (Å²) < 4.78 is 0. The molecule has 2 nitrogen and oxygen atoms in total. The Morgan fingerprint density at radius 2 is 1.94 bits per heavy atom. The Labute approximate surface area is 97.5 Å². The summed E-state index contributed by atoms with van der Waals surface area (Å²) in [5.41, 5.74) is 8.63. The molecule has 0 aliphatic heterocycles. The van der Waals surface area contributed by atoms with E-state index < -0.39 is 0 Å². The van der Waals surface area contributed by atoms with Gasteiger partial charge in [0.05, 0.1) is 0 Å². The summed E-state index contributed by atoms with van der Waals surface area (Å²) in [6.07, 6.45) is 5.58. The minimum Gasteiger partial charge on any atom is -0.396 e. The van der Waals surface area contributed by atoms with Crippen LogP contribution in [-0.2, 0) is 6.42 Å². The van der Waals surface area contributed by atoms with Gasteiger partial charge >= 0.3 is 0 Å². The molecule has 1 aliphatic carbocycles. The number of rotatable bonds is 3. The Bertz CT molecular complexity index is 320. The summed E-state index contributed by atoms with van der Waals surface area (Å²) in [6.45, 7) is 0.230. The predicted molar refractivity (Wildman–Crippen MR) is 66.4 cm³/mol. The van der Waals surface area contributed by atoms with E-state index in [0.29, 0.717) is 12.0 Å². The van der Waals surface area contributed by atoms with Gasteiger partial charge in [-0.2, -0.15) is 0 Å². The van der Waals surface area contributed by atoms with Crippen molar-refractivity contribution in [3.05, 3.63) is 35.4 Å². The van der Waals surface area contributed by atoms with E-state index in [0.717, 1.165) is 12.8 Å². The van der Waals surface area contributed by atoms with Crippen molar-refractivity contribution >= 4 is 0 Å². The molecule has 2 rings (SSSR count). The van der Waals surface area contributed by atoms with Crippen LogP contribution in [0.1, 0.15) is 42.7 Å². The molecule has 2 heteroatoms. The van der Waals surface area contributed by atoms with Gasteiger partial charge in [0.1, 0.15) is 0 Å². The van der Waals surface area contributed by atoms with Gasteiger partial charge in [-0.15, -0.1) is 0 Å².